The standard InChI is InChI=1S/C15H10F2O2/c16-12-3-1-2-11(9-12)13-8-10(4-6-14(13)17)5-7-15(18)19/h1-9H,(H,18,19)/b7-5+. The minimum Gasteiger partial charge on any atom is -0.478 e. The molecule has 0 fully saturated rings. The molecule has 0 radical (unpaired) electrons. The van der Waals surface area contributed by atoms with Gasteiger partial charge in [0.05, 0.1) is 0 Å². The average Bonchev–Trinajstić information content (AvgIpc) is 2.37. The van der Waals surface area contributed by atoms with Crippen LogP contribution in [0.3, 0.4) is 0 Å². The fourth-order valence-electron chi connectivity index (χ4n) is 1.69. The van der Waals surface area contributed by atoms with Gasteiger partial charge in [0.15, 0.2) is 0 Å². The Labute approximate surface area is 108 Å². The number of hydrogen-bond acceptors (Lipinski definition) is 1. The van der Waals surface area contributed by atoms with Crippen molar-refractivity contribution in [3.8, 4) is 11.1 Å². The van der Waals surface area contributed by atoms with E-state index in [-0.39, 0.29) is 5.56 Å². The summed E-state index contributed by atoms with van der Waals surface area (Å²) in [5.41, 5.74) is 1.16. The summed E-state index contributed by atoms with van der Waals surface area (Å²) in [4.78, 5) is 10.4. The molecule has 96 valence electrons. The molecule has 0 amide bonds. The van der Waals surface area contributed by atoms with E-state index in [0.717, 1.165) is 6.08 Å². The van der Waals surface area contributed by atoms with Gasteiger partial charge in [-0.05, 0) is 41.5 Å². The van der Waals surface area contributed by atoms with Crippen LogP contribution in [0.4, 0.5) is 8.78 Å². The highest BCUT2D eigenvalue weighted by Crippen LogP contribution is 2.25. The molecule has 2 aromatic rings. The average molecular weight is 260 g/mol. The molecule has 0 aliphatic carbocycles. The molecule has 0 saturated carbocycles. The van der Waals surface area contributed by atoms with Crippen molar-refractivity contribution in [3.63, 3.8) is 0 Å². The van der Waals surface area contributed by atoms with Crippen molar-refractivity contribution in [1.29, 1.82) is 0 Å². The van der Waals surface area contributed by atoms with Crippen molar-refractivity contribution in [3.05, 3.63) is 65.7 Å². The van der Waals surface area contributed by atoms with Crippen LogP contribution in [-0.2, 0) is 4.79 Å². The highest BCUT2D eigenvalue weighted by Gasteiger charge is 2.06. The van der Waals surface area contributed by atoms with Crippen LogP contribution < -0.4 is 0 Å². The summed E-state index contributed by atoms with van der Waals surface area (Å²) >= 11 is 0. The molecule has 0 aromatic heterocycles. The van der Waals surface area contributed by atoms with E-state index in [1.165, 1.54) is 42.5 Å². The molecular weight excluding hydrogens is 250 g/mol. The zero-order chi connectivity index (χ0) is 13.8. The zero-order valence-corrected chi connectivity index (χ0v) is 9.81. The van der Waals surface area contributed by atoms with Gasteiger partial charge in [0.2, 0.25) is 0 Å². The predicted octanol–water partition coefficient (Wildman–Crippen LogP) is 3.73. The van der Waals surface area contributed by atoms with E-state index >= 15 is 0 Å². The van der Waals surface area contributed by atoms with Crippen LogP contribution in [0.2, 0.25) is 0 Å². The highest BCUT2D eigenvalue weighted by molar-refractivity contribution is 5.85. The second-order valence-electron chi connectivity index (χ2n) is 3.92. The third-order valence-corrected chi connectivity index (χ3v) is 2.54. The number of benzene rings is 2. The molecule has 19 heavy (non-hydrogen) atoms. The fraction of sp³-hybridized carbons (Fsp3) is 0. The van der Waals surface area contributed by atoms with Gasteiger partial charge in [-0.2, -0.15) is 0 Å². The van der Waals surface area contributed by atoms with E-state index in [1.807, 2.05) is 0 Å². The van der Waals surface area contributed by atoms with E-state index in [2.05, 4.69) is 0 Å². The monoisotopic (exact) mass is 260 g/mol. The van der Waals surface area contributed by atoms with E-state index < -0.39 is 17.6 Å². The Morgan fingerprint density at radius 2 is 1.89 bits per heavy atom. The van der Waals surface area contributed by atoms with Crippen LogP contribution in [0.1, 0.15) is 5.56 Å². The number of carboxylic acid groups (broad SMARTS) is 1. The van der Waals surface area contributed by atoms with E-state index in [9.17, 15) is 13.6 Å². The Balaban J connectivity index is 2.45. The van der Waals surface area contributed by atoms with Crippen molar-refractivity contribution in [2.75, 3.05) is 0 Å². The molecule has 0 atom stereocenters. The summed E-state index contributed by atoms with van der Waals surface area (Å²) in [5.74, 6) is -2.03. The first-order chi connectivity index (χ1) is 9.06. The normalized spacial score (nSPS) is 10.8. The van der Waals surface area contributed by atoms with Crippen molar-refractivity contribution in [2.45, 2.75) is 0 Å². The van der Waals surface area contributed by atoms with Gasteiger partial charge in [-0.25, -0.2) is 13.6 Å². The number of hydrogen-bond donors (Lipinski definition) is 1. The van der Waals surface area contributed by atoms with Gasteiger partial charge in [0.1, 0.15) is 11.6 Å². The summed E-state index contributed by atoms with van der Waals surface area (Å²) in [6, 6.07) is 9.73. The summed E-state index contributed by atoms with van der Waals surface area (Å²) in [6.07, 6.45) is 2.31. The molecule has 0 spiro atoms. The lowest BCUT2D eigenvalue weighted by atomic mass is 10.0. The topological polar surface area (TPSA) is 37.3 Å². The van der Waals surface area contributed by atoms with Crippen molar-refractivity contribution < 1.29 is 18.7 Å². The molecule has 1 N–H and O–H groups in total. The molecule has 2 nitrogen and oxygen atoms in total. The van der Waals surface area contributed by atoms with Crippen LogP contribution in [0.25, 0.3) is 17.2 Å². The predicted molar refractivity (Wildman–Crippen MR) is 68.5 cm³/mol. The van der Waals surface area contributed by atoms with Crippen molar-refractivity contribution >= 4 is 12.0 Å². The Bertz CT molecular complexity index is 648. The quantitative estimate of drug-likeness (QED) is 0.854. The minimum absolute atomic E-state index is 0.229. The van der Waals surface area contributed by atoms with Crippen LogP contribution in [0, 0.1) is 11.6 Å². The molecule has 0 aliphatic heterocycles. The number of carbonyl (C=O) groups is 1. The summed E-state index contributed by atoms with van der Waals surface area (Å²) < 4.78 is 26.8. The van der Waals surface area contributed by atoms with Crippen molar-refractivity contribution in [1.82, 2.24) is 0 Å². The Kier molecular flexibility index (Phi) is 3.71. The Hall–Kier alpha value is -2.49. The molecule has 2 rings (SSSR count). The van der Waals surface area contributed by atoms with Gasteiger partial charge in [0.25, 0.3) is 0 Å². The zero-order valence-electron chi connectivity index (χ0n) is 9.81. The van der Waals surface area contributed by atoms with Crippen molar-refractivity contribution in [2.24, 2.45) is 0 Å². The Morgan fingerprint density at radius 3 is 2.58 bits per heavy atom. The largest absolute Gasteiger partial charge is 0.478 e. The lowest BCUT2D eigenvalue weighted by Crippen LogP contribution is -1.89. The maximum absolute atomic E-state index is 13.7. The second-order valence-corrected chi connectivity index (χ2v) is 3.92. The molecule has 0 bridgehead atoms. The second kappa shape index (κ2) is 5.44. The molecule has 0 aliphatic rings. The van der Waals surface area contributed by atoms with Crippen LogP contribution in [-0.4, -0.2) is 11.1 Å². The molecular formula is C15H10F2O2. The number of carboxylic acids is 1. The van der Waals surface area contributed by atoms with Gasteiger partial charge >= 0.3 is 5.97 Å². The smallest absolute Gasteiger partial charge is 0.328 e. The SMILES string of the molecule is O=C(O)/C=C/c1ccc(F)c(-c2cccc(F)c2)c1. The minimum atomic E-state index is -1.09. The number of rotatable bonds is 3. The van der Waals surface area contributed by atoms with Crippen LogP contribution >= 0.6 is 0 Å². The van der Waals surface area contributed by atoms with E-state index in [1.54, 1.807) is 6.07 Å². The third-order valence-electron chi connectivity index (χ3n) is 2.54. The fourth-order valence-corrected chi connectivity index (χ4v) is 1.69. The Morgan fingerprint density at radius 1 is 1.11 bits per heavy atom. The van der Waals surface area contributed by atoms with Gasteiger partial charge < -0.3 is 5.11 Å². The van der Waals surface area contributed by atoms with Gasteiger partial charge in [-0.1, -0.05) is 18.2 Å². The lowest BCUT2D eigenvalue weighted by molar-refractivity contribution is -0.131. The summed E-state index contributed by atoms with van der Waals surface area (Å²) in [7, 11) is 0. The first-order valence-electron chi connectivity index (χ1n) is 5.53. The third kappa shape index (κ3) is 3.25. The molecule has 0 heterocycles. The molecule has 4 heteroatoms. The maximum Gasteiger partial charge on any atom is 0.328 e. The molecule has 2 aromatic carbocycles. The number of halogens is 2. The van der Waals surface area contributed by atoms with Gasteiger partial charge in [0, 0.05) is 11.6 Å². The van der Waals surface area contributed by atoms with Gasteiger partial charge in [-0.3, -0.25) is 0 Å². The van der Waals surface area contributed by atoms with Crippen LogP contribution in [0.5, 0.6) is 0 Å². The first kappa shape index (κ1) is 13.0. The molecule has 0 saturated heterocycles. The molecule has 0 unspecified atom stereocenters. The van der Waals surface area contributed by atoms with E-state index in [4.69, 9.17) is 5.11 Å². The lowest BCUT2D eigenvalue weighted by Gasteiger charge is -2.05. The van der Waals surface area contributed by atoms with Gasteiger partial charge in [-0.15, -0.1) is 0 Å². The maximum atomic E-state index is 13.7. The van der Waals surface area contributed by atoms with Crippen LogP contribution in [0.15, 0.2) is 48.5 Å². The summed E-state index contributed by atoms with van der Waals surface area (Å²) in [5, 5.41) is 8.54. The number of aliphatic carboxylic acids is 1. The van der Waals surface area contributed by atoms with E-state index in [0.29, 0.717) is 11.1 Å². The first-order valence-corrected chi connectivity index (χ1v) is 5.53. The highest BCUT2D eigenvalue weighted by atomic mass is 19.1. The summed E-state index contributed by atoms with van der Waals surface area (Å²) in [6.45, 7) is 0.